The molecule has 3 aliphatic rings. The van der Waals surface area contributed by atoms with E-state index in [1.165, 1.54) is 0 Å². The van der Waals surface area contributed by atoms with E-state index in [9.17, 15) is 8.42 Å². The summed E-state index contributed by atoms with van der Waals surface area (Å²) in [6.07, 6.45) is 4.26. The van der Waals surface area contributed by atoms with Gasteiger partial charge >= 0.3 is 0 Å². The molecule has 0 amide bonds. The Balaban J connectivity index is 1.71. The van der Waals surface area contributed by atoms with Crippen LogP contribution in [0.1, 0.15) is 39.5 Å². The van der Waals surface area contributed by atoms with Crippen LogP contribution in [-0.2, 0) is 10.2 Å². The summed E-state index contributed by atoms with van der Waals surface area (Å²) in [6, 6.07) is 0.268. The van der Waals surface area contributed by atoms with E-state index < -0.39 is 10.2 Å². The lowest BCUT2D eigenvalue weighted by Gasteiger charge is -2.36. The fourth-order valence-corrected chi connectivity index (χ4v) is 6.54. The van der Waals surface area contributed by atoms with Crippen LogP contribution in [0.15, 0.2) is 0 Å². The highest BCUT2D eigenvalue weighted by Gasteiger charge is 2.44. The van der Waals surface area contributed by atoms with Crippen molar-refractivity contribution in [1.29, 1.82) is 0 Å². The average molecular weight is 315 g/mol. The molecule has 3 fully saturated rings. The van der Waals surface area contributed by atoms with Gasteiger partial charge in [0.2, 0.25) is 0 Å². The van der Waals surface area contributed by atoms with E-state index in [-0.39, 0.29) is 6.04 Å². The number of fused-ring (bicyclic) bond motifs is 1. The number of piperidine rings is 1. The topological polar surface area (TPSA) is 66.6 Å². The van der Waals surface area contributed by atoms with E-state index in [1.54, 1.807) is 8.61 Å². The Hall–Kier alpha value is -0.170. The van der Waals surface area contributed by atoms with Gasteiger partial charge in [-0.3, -0.25) is 0 Å². The van der Waals surface area contributed by atoms with E-state index in [1.807, 2.05) is 0 Å². The summed E-state index contributed by atoms with van der Waals surface area (Å²) >= 11 is 0. The highest BCUT2D eigenvalue weighted by atomic mass is 32.2. The smallest absolute Gasteiger partial charge is 0.282 e. The van der Waals surface area contributed by atoms with Gasteiger partial charge in [0.05, 0.1) is 0 Å². The molecule has 0 aromatic rings. The van der Waals surface area contributed by atoms with Crippen molar-refractivity contribution in [2.45, 2.75) is 45.6 Å². The minimum atomic E-state index is -3.28. The molecule has 21 heavy (non-hydrogen) atoms. The molecule has 5 nitrogen and oxygen atoms in total. The second-order valence-corrected chi connectivity index (χ2v) is 9.61. The summed E-state index contributed by atoms with van der Waals surface area (Å²) < 4.78 is 29.3. The Bertz CT molecular complexity index is 471. The zero-order valence-corrected chi connectivity index (χ0v) is 14.1. The predicted octanol–water partition coefficient (Wildman–Crippen LogP) is 1.27. The molecular weight excluding hydrogens is 286 g/mol. The maximum absolute atomic E-state index is 12.9. The van der Waals surface area contributed by atoms with E-state index in [0.29, 0.717) is 49.9 Å². The van der Waals surface area contributed by atoms with Crippen LogP contribution in [0.4, 0.5) is 0 Å². The van der Waals surface area contributed by atoms with E-state index in [4.69, 9.17) is 5.73 Å². The molecule has 6 heteroatoms. The molecule has 3 unspecified atom stereocenters. The Morgan fingerprint density at radius 3 is 2.10 bits per heavy atom. The Labute approximate surface area is 129 Å². The third-order valence-electron chi connectivity index (χ3n) is 5.54. The Morgan fingerprint density at radius 1 is 0.857 bits per heavy atom. The molecule has 122 valence electrons. The van der Waals surface area contributed by atoms with Crippen LogP contribution in [0.3, 0.4) is 0 Å². The van der Waals surface area contributed by atoms with Gasteiger partial charge in [-0.15, -0.1) is 0 Å². The van der Waals surface area contributed by atoms with Crippen molar-refractivity contribution in [3.63, 3.8) is 0 Å². The molecular formula is C15H29N3O2S. The van der Waals surface area contributed by atoms with Gasteiger partial charge in [0, 0.05) is 32.2 Å². The Morgan fingerprint density at radius 2 is 1.43 bits per heavy atom. The van der Waals surface area contributed by atoms with E-state index in [2.05, 4.69) is 13.8 Å². The molecule has 2 aliphatic heterocycles. The molecule has 5 atom stereocenters. The second-order valence-electron chi connectivity index (χ2n) is 7.68. The quantitative estimate of drug-likeness (QED) is 0.834. The summed E-state index contributed by atoms with van der Waals surface area (Å²) in [7, 11) is -3.28. The number of rotatable bonds is 2. The van der Waals surface area contributed by atoms with Crippen molar-refractivity contribution < 1.29 is 8.42 Å². The van der Waals surface area contributed by atoms with Crippen LogP contribution in [-0.4, -0.2) is 49.2 Å². The summed E-state index contributed by atoms with van der Waals surface area (Å²) in [5.41, 5.74) is 6.05. The third-order valence-corrected chi connectivity index (χ3v) is 7.45. The molecule has 2 heterocycles. The van der Waals surface area contributed by atoms with Crippen LogP contribution in [0.2, 0.25) is 0 Å². The molecule has 0 radical (unpaired) electrons. The molecule has 0 aromatic carbocycles. The van der Waals surface area contributed by atoms with Crippen LogP contribution < -0.4 is 5.73 Å². The minimum Gasteiger partial charge on any atom is -0.328 e. The van der Waals surface area contributed by atoms with Crippen LogP contribution in [0.5, 0.6) is 0 Å². The number of nitrogens with zero attached hydrogens (tertiary/aromatic N) is 2. The standard InChI is InChI=1S/C15H29N3O2S/c1-11-5-12(2)8-17(7-11)21(19,20)18-9-13-3-4-15(16)6-14(13)10-18/h11-15H,3-10,16H2,1-2H3/t11?,12?,13-,14+,15?/m1/s1. The zero-order chi connectivity index (χ0) is 15.2. The molecule has 2 N–H and O–H groups in total. The van der Waals surface area contributed by atoms with Gasteiger partial charge in [0.15, 0.2) is 0 Å². The van der Waals surface area contributed by atoms with Crippen LogP contribution in [0, 0.1) is 23.7 Å². The highest BCUT2D eigenvalue weighted by molar-refractivity contribution is 7.86. The molecule has 0 bridgehead atoms. The molecule has 1 aliphatic carbocycles. The fourth-order valence-electron chi connectivity index (χ4n) is 4.57. The van der Waals surface area contributed by atoms with Gasteiger partial charge < -0.3 is 5.73 Å². The lowest BCUT2D eigenvalue weighted by molar-refractivity contribution is 0.211. The van der Waals surface area contributed by atoms with Gasteiger partial charge in [0.25, 0.3) is 10.2 Å². The van der Waals surface area contributed by atoms with Crippen LogP contribution in [0.25, 0.3) is 0 Å². The van der Waals surface area contributed by atoms with E-state index >= 15 is 0 Å². The van der Waals surface area contributed by atoms with Crippen molar-refractivity contribution in [2.24, 2.45) is 29.4 Å². The van der Waals surface area contributed by atoms with Gasteiger partial charge in [-0.25, -0.2) is 0 Å². The van der Waals surface area contributed by atoms with Crippen molar-refractivity contribution in [2.75, 3.05) is 26.2 Å². The predicted molar refractivity (Wildman–Crippen MR) is 83.8 cm³/mol. The molecule has 2 saturated heterocycles. The lowest BCUT2D eigenvalue weighted by atomic mass is 9.79. The first-order chi connectivity index (χ1) is 9.86. The number of nitrogens with two attached hydrogens (primary N) is 1. The van der Waals surface area contributed by atoms with Crippen molar-refractivity contribution in [3.8, 4) is 0 Å². The van der Waals surface area contributed by atoms with Crippen molar-refractivity contribution in [3.05, 3.63) is 0 Å². The summed E-state index contributed by atoms with van der Waals surface area (Å²) in [5, 5.41) is 0. The molecule has 0 aromatic heterocycles. The summed E-state index contributed by atoms with van der Waals surface area (Å²) in [6.45, 7) is 7.05. The maximum Gasteiger partial charge on any atom is 0.282 e. The minimum absolute atomic E-state index is 0.268. The SMILES string of the molecule is CC1CC(C)CN(S(=O)(=O)N2C[C@H]3CCC(N)C[C@H]3C2)C1. The first-order valence-corrected chi connectivity index (χ1v) is 9.76. The normalized spacial score (nSPS) is 42.9. The van der Waals surface area contributed by atoms with E-state index in [0.717, 1.165) is 25.7 Å². The number of hydrogen-bond donors (Lipinski definition) is 1. The van der Waals surface area contributed by atoms with Crippen molar-refractivity contribution >= 4 is 10.2 Å². The van der Waals surface area contributed by atoms with Gasteiger partial charge in [0.1, 0.15) is 0 Å². The van der Waals surface area contributed by atoms with Gasteiger partial charge in [-0.2, -0.15) is 17.0 Å². The molecule has 3 rings (SSSR count). The summed E-state index contributed by atoms with van der Waals surface area (Å²) in [4.78, 5) is 0. The first kappa shape index (κ1) is 15.7. The third kappa shape index (κ3) is 3.14. The lowest BCUT2D eigenvalue weighted by Crippen LogP contribution is -2.49. The first-order valence-electron chi connectivity index (χ1n) is 8.37. The Kier molecular flexibility index (Phi) is 4.34. The monoisotopic (exact) mass is 315 g/mol. The second kappa shape index (κ2) is 5.80. The number of hydrogen-bond acceptors (Lipinski definition) is 3. The van der Waals surface area contributed by atoms with Crippen LogP contribution >= 0.6 is 0 Å². The maximum atomic E-state index is 12.9. The molecule has 1 saturated carbocycles. The highest BCUT2D eigenvalue weighted by Crippen LogP contribution is 2.38. The zero-order valence-electron chi connectivity index (χ0n) is 13.2. The fraction of sp³-hybridized carbons (Fsp3) is 1.00. The largest absolute Gasteiger partial charge is 0.328 e. The van der Waals surface area contributed by atoms with Gasteiger partial charge in [-0.05, 0) is 49.4 Å². The average Bonchev–Trinajstić information content (AvgIpc) is 2.81. The summed E-state index contributed by atoms with van der Waals surface area (Å²) in [5.74, 6) is 1.92. The van der Waals surface area contributed by atoms with Crippen molar-refractivity contribution in [1.82, 2.24) is 8.61 Å². The molecule has 0 spiro atoms. The van der Waals surface area contributed by atoms with Gasteiger partial charge in [-0.1, -0.05) is 13.8 Å².